The lowest BCUT2D eigenvalue weighted by molar-refractivity contribution is 0.112. The lowest BCUT2D eigenvalue weighted by atomic mass is 10.2. The van der Waals surface area contributed by atoms with Crippen molar-refractivity contribution < 1.29 is 19.0 Å². The van der Waals surface area contributed by atoms with Crippen molar-refractivity contribution in [3.63, 3.8) is 0 Å². The Morgan fingerprint density at radius 1 is 0.657 bits per heavy atom. The van der Waals surface area contributed by atoms with Crippen molar-refractivity contribution in [1.29, 1.82) is 0 Å². The highest BCUT2D eigenvalue weighted by atomic mass is 128. The number of ether oxygens (including phenoxy) is 3. The molecule has 7 aromatic heterocycles. The van der Waals surface area contributed by atoms with Gasteiger partial charge >= 0.3 is 0 Å². The zero-order valence-electron chi connectivity index (χ0n) is 37.2. The first-order chi connectivity index (χ1) is 31.8. The Morgan fingerprint density at radius 3 is 1.64 bits per heavy atom. The first-order valence-corrected chi connectivity index (χ1v) is 27.1. The molecule has 1 aromatic carbocycles. The second-order valence-corrected chi connectivity index (χ2v) is 15.3. The summed E-state index contributed by atoms with van der Waals surface area (Å²) in [6, 6.07) is 20.6. The van der Waals surface area contributed by atoms with E-state index in [1.807, 2.05) is 58.0 Å². The van der Waals surface area contributed by atoms with E-state index in [1.165, 1.54) is 33.6 Å². The van der Waals surface area contributed by atoms with Crippen molar-refractivity contribution in [2.45, 2.75) is 52.9 Å². The highest BCUT2D eigenvalue weighted by molar-refractivity contribution is 15.0. The largest absolute Gasteiger partial charge is 0.493 e. The maximum absolute atomic E-state index is 13.2. The van der Waals surface area contributed by atoms with E-state index in [0.29, 0.717) is 64.9 Å². The van der Waals surface area contributed by atoms with Crippen LogP contribution in [0.4, 0.5) is 11.5 Å². The summed E-state index contributed by atoms with van der Waals surface area (Å²) < 4.78 is 19.8. The summed E-state index contributed by atoms with van der Waals surface area (Å²) in [4.78, 5) is 65.3. The van der Waals surface area contributed by atoms with Crippen LogP contribution >= 0.6 is 84.4 Å². The number of pyridine rings is 4. The van der Waals surface area contributed by atoms with Crippen molar-refractivity contribution in [1.82, 2.24) is 43.8 Å². The van der Waals surface area contributed by atoms with E-state index in [0.717, 1.165) is 16.6 Å². The molecule has 0 saturated carbocycles. The van der Waals surface area contributed by atoms with Crippen molar-refractivity contribution >= 4 is 130 Å². The molecule has 0 bridgehead atoms. The van der Waals surface area contributed by atoms with Gasteiger partial charge in [0, 0.05) is 98.3 Å². The second-order valence-electron chi connectivity index (χ2n) is 14.6. The third-order valence-corrected chi connectivity index (χ3v) is 10.2. The van der Waals surface area contributed by atoms with Crippen molar-refractivity contribution in [3.05, 3.63) is 150 Å². The third kappa shape index (κ3) is 13.3. The van der Waals surface area contributed by atoms with Crippen molar-refractivity contribution in [3.8, 4) is 17.2 Å². The molecule has 354 valence electrons. The molecule has 0 fully saturated rings. The first-order valence-electron chi connectivity index (χ1n) is 20.0. The summed E-state index contributed by atoms with van der Waals surface area (Å²) in [6.45, 7) is 8.88. The summed E-state index contributed by atoms with van der Waals surface area (Å²) in [6.07, 6.45) is 7.02. The Bertz CT molecular complexity index is 3170. The van der Waals surface area contributed by atoms with E-state index in [4.69, 9.17) is 42.4 Å². The number of hydrogen-bond acceptors (Lipinski definition) is 14. The molecule has 17 nitrogen and oxygen atoms in total. The number of nitrogens with zero attached hydrogens (tertiary/aromatic N) is 7. The van der Waals surface area contributed by atoms with Crippen LogP contribution in [0.25, 0.3) is 27.8 Å². The number of carbonyl (C=O) groups excluding carboxylic acids is 1. The average Bonchev–Trinajstić information content (AvgIpc) is 3.32. The van der Waals surface area contributed by atoms with Gasteiger partial charge in [-0.3, -0.25) is 37.4 Å². The second kappa shape index (κ2) is 26.1. The Morgan fingerprint density at radius 2 is 1.13 bits per heavy atom. The molecule has 0 aliphatic rings. The molecule has 0 aliphatic heterocycles. The van der Waals surface area contributed by atoms with Crippen LogP contribution in [0.2, 0.25) is 10.3 Å². The highest BCUT2D eigenvalue weighted by Gasteiger charge is 2.17. The van der Waals surface area contributed by atoms with Crippen LogP contribution in [0.5, 0.6) is 17.2 Å². The third-order valence-electron chi connectivity index (χ3n) is 9.60. The molecule has 0 radical (unpaired) electrons. The zero-order chi connectivity index (χ0) is 48.1. The summed E-state index contributed by atoms with van der Waals surface area (Å²) in [5.41, 5.74) is 2.97. The van der Waals surface area contributed by atoms with E-state index >= 15 is 0 Å². The van der Waals surface area contributed by atoms with Gasteiger partial charge in [-0.15, -0.1) is 24.0 Å². The standard InChI is InChI=1S/C22H23N5O2.C13H16ClN3O2.C10H7ClN2O3.I2.HI/c1-14(2)24-13-17-20(25-16-8-9-18-15(12-16)6-4-10-23-18)26-21-19(29-3)7-5-11-27(21)22(17)28;1-8(2)15-7-9-11(14)16-12-10(19-3)5-4-6-17(12)13(9)18;1-16-7-3-2-4-13-9(7)12-8(11)6(5-14)10(13)15;1-2;/h4-12,14,24-25H,13H2,1-3H3;4-6,8,15H,7H2,1-3H3;2-5H,1H3;;1H. The first kappa shape index (κ1) is 54.9. The van der Waals surface area contributed by atoms with E-state index in [9.17, 15) is 19.2 Å². The fraction of sp³-hybridized carbons (Fsp3) is 0.244. The van der Waals surface area contributed by atoms with Crippen molar-refractivity contribution in [2.75, 3.05) is 26.6 Å². The van der Waals surface area contributed by atoms with Crippen LogP contribution < -0.4 is 46.8 Å². The lowest BCUT2D eigenvalue weighted by Crippen LogP contribution is -2.29. The topological polar surface area (TPSA) is 197 Å². The zero-order valence-corrected chi connectivity index (χ0v) is 45.4. The molecule has 0 atom stereocenters. The Kier molecular flexibility index (Phi) is 21.4. The van der Waals surface area contributed by atoms with Gasteiger partial charge in [-0.1, -0.05) is 57.0 Å². The Labute approximate surface area is 435 Å². The molecule has 0 aliphatic carbocycles. The molecular formula is C45H47Cl2I3N10O7. The minimum Gasteiger partial charge on any atom is -0.493 e. The van der Waals surface area contributed by atoms with E-state index in [1.54, 1.807) is 62.1 Å². The minimum atomic E-state index is -0.510. The van der Waals surface area contributed by atoms with Crippen LogP contribution in [0, 0.1) is 0 Å². The molecule has 3 N–H and O–H groups in total. The minimum absolute atomic E-state index is 0. The SMILES string of the molecule is COc1cccn2c(=O)c(C=O)c(Cl)nc12.COc1cccn2c(=O)c(CNC(C)C)c(Cl)nc12.COc1cccn2c(=O)c(CNC(C)C)c(Nc3ccc4ncccc4c3)nc12.I.II. The molecule has 8 rings (SSSR count). The number of carbonyl (C=O) groups is 1. The quantitative estimate of drug-likeness (QED) is 0.0596. The van der Waals surface area contributed by atoms with Gasteiger partial charge in [0.2, 0.25) is 0 Å². The van der Waals surface area contributed by atoms with Gasteiger partial charge in [-0.05, 0) is 60.7 Å². The van der Waals surface area contributed by atoms with Gasteiger partial charge in [0.1, 0.15) is 21.7 Å². The lowest BCUT2D eigenvalue weighted by Gasteiger charge is -2.16. The molecule has 8 aromatic rings. The summed E-state index contributed by atoms with van der Waals surface area (Å²) in [5.74, 6) is 1.98. The summed E-state index contributed by atoms with van der Waals surface area (Å²) >= 11 is 16.1. The number of rotatable bonds is 12. The number of aromatic nitrogens is 7. The van der Waals surface area contributed by atoms with E-state index in [2.05, 4.69) is 68.1 Å². The molecule has 22 heteroatoms. The summed E-state index contributed by atoms with van der Waals surface area (Å²) in [7, 11) is 4.56. The van der Waals surface area contributed by atoms with Gasteiger partial charge in [0.15, 0.2) is 40.5 Å². The molecule has 0 unspecified atom stereocenters. The highest BCUT2D eigenvalue weighted by Crippen LogP contribution is 2.25. The van der Waals surface area contributed by atoms with Crippen LogP contribution in [0.1, 0.15) is 49.2 Å². The Hall–Kier alpha value is -4.73. The van der Waals surface area contributed by atoms with E-state index in [-0.39, 0.29) is 68.7 Å². The predicted molar refractivity (Wildman–Crippen MR) is 292 cm³/mol. The predicted octanol–water partition coefficient (Wildman–Crippen LogP) is 8.91. The van der Waals surface area contributed by atoms with Gasteiger partial charge in [-0.25, -0.2) is 15.0 Å². The van der Waals surface area contributed by atoms with Crippen LogP contribution in [-0.4, -0.2) is 72.8 Å². The number of halogens is 5. The number of benzene rings is 1. The van der Waals surface area contributed by atoms with Gasteiger partial charge < -0.3 is 30.2 Å². The average molecular weight is 1290 g/mol. The monoisotopic (exact) mass is 1290 g/mol. The van der Waals surface area contributed by atoms with Crippen LogP contribution in [0.3, 0.4) is 0 Å². The fourth-order valence-electron chi connectivity index (χ4n) is 6.34. The fourth-order valence-corrected chi connectivity index (χ4v) is 6.77. The molecule has 67 heavy (non-hydrogen) atoms. The maximum atomic E-state index is 13.2. The van der Waals surface area contributed by atoms with Gasteiger partial charge in [-0.2, -0.15) is 0 Å². The molecule has 7 heterocycles. The number of aldehydes is 1. The van der Waals surface area contributed by atoms with Gasteiger partial charge in [0.25, 0.3) is 16.7 Å². The maximum Gasteiger partial charge on any atom is 0.270 e. The van der Waals surface area contributed by atoms with Crippen molar-refractivity contribution in [2.24, 2.45) is 0 Å². The molecular weight excluding hydrogens is 1240 g/mol. The van der Waals surface area contributed by atoms with Crippen LogP contribution in [0.15, 0.2) is 106 Å². The number of fused-ring (bicyclic) bond motifs is 4. The summed E-state index contributed by atoms with van der Waals surface area (Å²) in [5, 5.41) is 10.9. The van der Waals surface area contributed by atoms with E-state index < -0.39 is 5.56 Å². The molecule has 0 amide bonds. The Balaban J connectivity index is 0.000000225. The number of nitrogens with one attached hydrogen (secondary N) is 3. The molecule has 0 saturated heterocycles. The smallest absolute Gasteiger partial charge is 0.270 e. The van der Waals surface area contributed by atoms with Crippen LogP contribution in [-0.2, 0) is 13.1 Å². The number of hydrogen-bond donors (Lipinski definition) is 3. The normalized spacial score (nSPS) is 10.6. The van der Waals surface area contributed by atoms with Gasteiger partial charge in [0.05, 0.1) is 38.0 Å². The molecule has 0 spiro atoms. The number of anilines is 2. The number of methoxy groups -OCH3 is 3.